The molecular weight excluding hydrogens is 266 g/mol. The summed E-state index contributed by atoms with van der Waals surface area (Å²) in [7, 11) is 2.69. The average molecular weight is 291 g/mol. The first-order valence-electron chi connectivity index (χ1n) is 6.77. The summed E-state index contributed by atoms with van der Waals surface area (Å²) in [5, 5.41) is 22.5. The van der Waals surface area contributed by atoms with Crippen molar-refractivity contribution in [3.63, 3.8) is 0 Å². The SMILES string of the molecule is CO[C@@H]1OC(C(=O)NCCC(C)C)[C@@H](OC)[C@H](O)[C@@H]1O. The van der Waals surface area contributed by atoms with Crippen LogP contribution in [-0.2, 0) is 19.0 Å². The van der Waals surface area contributed by atoms with Gasteiger partial charge in [0, 0.05) is 20.8 Å². The van der Waals surface area contributed by atoms with Crippen LogP contribution in [0.4, 0.5) is 0 Å². The van der Waals surface area contributed by atoms with Crippen LogP contribution in [0, 0.1) is 5.92 Å². The average Bonchev–Trinajstić information content (AvgIpc) is 2.40. The fourth-order valence-corrected chi connectivity index (χ4v) is 2.09. The predicted octanol–water partition coefficient (Wildman–Crippen LogP) is -0.743. The normalized spacial score (nSPS) is 34.2. The number of aliphatic hydroxyl groups is 2. The van der Waals surface area contributed by atoms with Crippen LogP contribution in [0.2, 0.25) is 0 Å². The molecule has 0 aliphatic carbocycles. The molecule has 118 valence electrons. The van der Waals surface area contributed by atoms with E-state index in [1.807, 2.05) is 0 Å². The molecule has 1 aliphatic rings. The van der Waals surface area contributed by atoms with Crippen molar-refractivity contribution >= 4 is 5.91 Å². The van der Waals surface area contributed by atoms with Crippen molar-refractivity contribution in [3.05, 3.63) is 0 Å². The van der Waals surface area contributed by atoms with E-state index in [1.54, 1.807) is 0 Å². The van der Waals surface area contributed by atoms with E-state index < -0.39 is 30.7 Å². The first kappa shape index (κ1) is 17.3. The van der Waals surface area contributed by atoms with Gasteiger partial charge in [-0.25, -0.2) is 0 Å². The van der Waals surface area contributed by atoms with Crippen molar-refractivity contribution < 1.29 is 29.2 Å². The molecule has 1 heterocycles. The van der Waals surface area contributed by atoms with Gasteiger partial charge in [-0.3, -0.25) is 4.79 Å². The third kappa shape index (κ3) is 4.13. The number of ether oxygens (including phenoxy) is 3. The van der Waals surface area contributed by atoms with Crippen LogP contribution in [0.1, 0.15) is 20.3 Å². The summed E-state index contributed by atoms with van der Waals surface area (Å²) in [5.41, 5.74) is 0. The van der Waals surface area contributed by atoms with E-state index in [0.29, 0.717) is 12.5 Å². The van der Waals surface area contributed by atoms with Crippen LogP contribution < -0.4 is 5.32 Å². The van der Waals surface area contributed by atoms with E-state index in [4.69, 9.17) is 14.2 Å². The Morgan fingerprint density at radius 1 is 1.25 bits per heavy atom. The van der Waals surface area contributed by atoms with Crippen molar-refractivity contribution in [2.75, 3.05) is 20.8 Å². The number of methoxy groups -OCH3 is 2. The second-order valence-corrected chi connectivity index (χ2v) is 5.32. The summed E-state index contributed by atoms with van der Waals surface area (Å²) in [6.07, 6.45) is -4.68. The number of hydrogen-bond acceptors (Lipinski definition) is 6. The zero-order valence-corrected chi connectivity index (χ0v) is 12.4. The highest BCUT2D eigenvalue weighted by atomic mass is 16.7. The molecule has 1 unspecified atom stereocenters. The van der Waals surface area contributed by atoms with Crippen molar-refractivity contribution in [2.24, 2.45) is 5.92 Å². The van der Waals surface area contributed by atoms with Crippen LogP contribution in [-0.4, -0.2) is 67.6 Å². The van der Waals surface area contributed by atoms with E-state index in [0.717, 1.165) is 6.42 Å². The fourth-order valence-electron chi connectivity index (χ4n) is 2.09. The highest BCUT2D eigenvalue weighted by molar-refractivity contribution is 5.81. The highest BCUT2D eigenvalue weighted by Crippen LogP contribution is 2.23. The maximum Gasteiger partial charge on any atom is 0.252 e. The Bertz CT molecular complexity index is 311. The largest absolute Gasteiger partial charge is 0.387 e. The van der Waals surface area contributed by atoms with Crippen LogP contribution in [0.3, 0.4) is 0 Å². The predicted molar refractivity (Wildman–Crippen MR) is 70.9 cm³/mol. The quantitative estimate of drug-likeness (QED) is 0.596. The molecule has 7 heteroatoms. The number of nitrogens with one attached hydrogen (secondary N) is 1. The summed E-state index contributed by atoms with van der Waals surface area (Å²) < 4.78 is 15.4. The van der Waals surface area contributed by atoms with Crippen LogP contribution in [0.25, 0.3) is 0 Å². The summed E-state index contributed by atoms with van der Waals surface area (Å²) in [6.45, 7) is 4.63. The van der Waals surface area contributed by atoms with Gasteiger partial charge in [-0.15, -0.1) is 0 Å². The molecule has 0 saturated carbocycles. The van der Waals surface area contributed by atoms with Crippen LogP contribution >= 0.6 is 0 Å². The lowest BCUT2D eigenvalue weighted by atomic mass is 9.98. The molecule has 0 aromatic carbocycles. The number of hydrogen-bond donors (Lipinski definition) is 3. The fraction of sp³-hybridized carbons (Fsp3) is 0.923. The van der Waals surface area contributed by atoms with Gasteiger partial charge in [-0.1, -0.05) is 13.8 Å². The zero-order chi connectivity index (χ0) is 15.3. The second-order valence-electron chi connectivity index (χ2n) is 5.32. The van der Waals surface area contributed by atoms with Gasteiger partial charge in [0.2, 0.25) is 0 Å². The van der Waals surface area contributed by atoms with Crippen LogP contribution in [0.5, 0.6) is 0 Å². The molecule has 7 nitrogen and oxygen atoms in total. The van der Waals surface area contributed by atoms with Crippen molar-refractivity contribution in [1.29, 1.82) is 0 Å². The third-order valence-corrected chi connectivity index (χ3v) is 3.33. The Labute approximate surface area is 119 Å². The lowest BCUT2D eigenvalue weighted by Gasteiger charge is -2.40. The molecule has 1 saturated heterocycles. The lowest BCUT2D eigenvalue weighted by molar-refractivity contribution is -0.287. The van der Waals surface area contributed by atoms with Gasteiger partial charge in [0.15, 0.2) is 12.4 Å². The van der Waals surface area contributed by atoms with E-state index in [2.05, 4.69) is 19.2 Å². The Morgan fingerprint density at radius 2 is 1.90 bits per heavy atom. The summed E-state index contributed by atoms with van der Waals surface area (Å²) >= 11 is 0. The third-order valence-electron chi connectivity index (χ3n) is 3.33. The molecular formula is C13H25NO6. The molecule has 0 bridgehead atoms. The van der Waals surface area contributed by atoms with E-state index in [1.165, 1.54) is 14.2 Å². The number of carbonyl (C=O) groups is 1. The molecule has 0 aromatic rings. The smallest absolute Gasteiger partial charge is 0.252 e. The monoisotopic (exact) mass is 291 g/mol. The van der Waals surface area contributed by atoms with Gasteiger partial charge in [-0.2, -0.15) is 0 Å². The van der Waals surface area contributed by atoms with Gasteiger partial charge < -0.3 is 29.7 Å². The van der Waals surface area contributed by atoms with Gasteiger partial charge in [0.25, 0.3) is 5.91 Å². The Morgan fingerprint density at radius 3 is 2.40 bits per heavy atom. The molecule has 0 aromatic heterocycles. The molecule has 1 aliphatic heterocycles. The molecule has 1 rings (SSSR count). The molecule has 20 heavy (non-hydrogen) atoms. The first-order chi connectivity index (χ1) is 9.42. The summed E-state index contributed by atoms with van der Waals surface area (Å²) in [5.74, 6) is 0.0884. The standard InChI is InChI=1S/C13H25NO6/c1-7(2)5-6-14-12(17)11-10(18-3)8(15)9(16)13(19-4)20-11/h7-11,13,15-16H,5-6H2,1-4H3,(H,14,17)/t8-,9+,10+,11?,13-/m1/s1. The highest BCUT2D eigenvalue weighted by Gasteiger charge is 2.47. The number of amides is 1. The maximum atomic E-state index is 12.1. The van der Waals surface area contributed by atoms with Gasteiger partial charge in [0.1, 0.15) is 18.3 Å². The minimum absolute atomic E-state index is 0.384. The van der Waals surface area contributed by atoms with Gasteiger partial charge in [0.05, 0.1) is 0 Å². The van der Waals surface area contributed by atoms with E-state index in [-0.39, 0.29) is 5.91 Å². The van der Waals surface area contributed by atoms with E-state index >= 15 is 0 Å². The van der Waals surface area contributed by atoms with Crippen molar-refractivity contribution in [3.8, 4) is 0 Å². The molecule has 0 spiro atoms. The topological polar surface area (TPSA) is 97.3 Å². The summed E-state index contributed by atoms with van der Waals surface area (Å²) in [4.78, 5) is 12.1. The van der Waals surface area contributed by atoms with E-state index in [9.17, 15) is 15.0 Å². The molecule has 3 N–H and O–H groups in total. The molecule has 1 amide bonds. The molecule has 1 fully saturated rings. The van der Waals surface area contributed by atoms with Crippen molar-refractivity contribution in [1.82, 2.24) is 5.32 Å². The molecule has 0 radical (unpaired) electrons. The maximum absolute atomic E-state index is 12.1. The van der Waals surface area contributed by atoms with Gasteiger partial charge in [-0.05, 0) is 12.3 Å². The minimum atomic E-state index is -1.26. The number of rotatable bonds is 6. The first-order valence-corrected chi connectivity index (χ1v) is 6.77. The van der Waals surface area contributed by atoms with Crippen molar-refractivity contribution in [2.45, 2.75) is 51.0 Å². The Kier molecular flexibility index (Phi) is 6.84. The van der Waals surface area contributed by atoms with Crippen LogP contribution in [0.15, 0.2) is 0 Å². The minimum Gasteiger partial charge on any atom is -0.387 e. The molecule has 5 atom stereocenters. The number of aliphatic hydroxyl groups excluding tert-OH is 2. The Balaban J connectivity index is 2.66. The lowest BCUT2D eigenvalue weighted by Crippen LogP contribution is -2.62. The second kappa shape index (κ2) is 7.90. The number of carbonyl (C=O) groups excluding carboxylic acids is 1. The van der Waals surface area contributed by atoms with Gasteiger partial charge >= 0.3 is 0 Å². The Hall–Kier alpha value is -0.730. The zero-order valence-electron chi connectivity index (χ0n) is 12.4. The summed E-state index contributed by atoms with van der Waals surface area (Å²) in [6, 6.07) is 0.